The third-order valence-electron chi connectivity index (χ3n) is 1.91. The molecule has 0 atom stereocenters. The van der Waals surface area contributed by atoms with Crippen LogP contribution in [0.15, 0.2) is 40.2 Å². The number of halogens is 1. The van der Waals surface area contributed by atoms with E-state index in [0.29, 0.717) is 6.61 Å². The standard InChI is InChI=1S/C11H10BrNOS/c12-10-6-8(13)3-4-11(10)14-7-9-2-1-5-15-9/h1-6H,7,13H2. The fourth-order valence-corrected chi connectivity index (χ4v) is 2.30. The van der Waals surface area contributed by atoms with E-state index in [1.807, 2.05) is 29.6 Å². The van der Waals surface area contributed by atoms with Crippen molar-refractivity contribution in [2.75, 3.05) is 5.73 Å². The van der Waals surface area contributed by atoms with Crippen LogP contribution in [0.5, 0.6) is 5.75 Å². The number of ether oxygens (including phenoxy) is 1. The van der Waals surface area contributed by atoms with Gasteiger partial charge in [0.2, 0.25) is 0 Å². The van der Waals surface area contributed by atoms with Gasteiger partial charge < -0.3 is 10.5 Å². The highest BCUT2D eigenvalue weighted by Gasteiger charge is 2.02. The highest BCUT2D eigenvalue weighted by Crippen LogP contribution is 2.27. The highest BCUT2D eigenvalue weighted by atomic mass is 79.9. The molecule has 2 rings (SSSR count). The van der Waals surface area contributed by atoms with Crippen LogP contribution in [0.2, 0.25) is 0 Å². The Morgan fingerprint density at radius 2 is 2.20 bits per heavy atom. The van der Waals surface area contributed by atoms with Crippen molar-refractivity contribution in [1.29, 1.82) is 0 Å². The van der Waals surface area contributed by atoms with Crippen molar-refractivity contribution in [2.45, 2.75) is 6.61 Å². The molecule has 0 amide bonds. The number of anilines is 1. The molecule has 1 heterocycles. The molecule has 2 nitrogen and oxygen atoms in total. The average molecular weight is 284 g/mol. The first-order valence-corrected chi connectivity index (χ1v) is 6.13. The summed E-state index contributed by atoms with van der Waals surface area (Å²) in [6.07, 6.45) is 0. The zero-order valence-corrected chi connectivity index (χ0v) is 10.3. The summed E-state index contributed by atoms with van der Waals surface area (Å²) < 4.78 is 6.53. The largest absolute Gasteiger partial charge is 0.487 e. The van der Waals surface area contributed by atoms with E-state index in [-0.39, 0.29) is 0 Å². The predicted octanol–water partition coefficient (Wildman–Crippen LogP) is 3.67. The number of nitrogens with two attached hydrogens (primary N) is 1. The van der Waals surface area contributed by atoms with Crippen LogP contribution in [0.4, 0.5) is 5.69 Å². The number of hydrogen-bond donors (Lipinski definition) is 1. The van der Waals surface area contributed by atoms with Gasteiger partial charge in [0.15, 0.2) is 0 Å². The Balaban J connectivity index is 2.05. The first-order chi connectivity index (χ1) is 7.25. The lowest BCUT2D eigenvalue weighted by atomic mass is 10.3. The normalized spacial score (nSPS) is 10.2. The SMILES string of the molecule is Nc1ccc(OCc2cccs2)c(Br)c1. The first kappa shape index (κ1) is 10.5. The van der Waals surface area contributed by atoms with Gasteiger partial charge in [0.25, 0.3) is 0 Å². The van der Waals surface area contributed by atoms with Gasteiger partial charge in [0, 0.05) is 10.6 Å². The van der Waals surface area contributed by atoms with E-state index in [1.54, 1.807) is 11.3 Å². The number of rotatable bonds is 3. The quantitative estimate of drug-likeness (QED) is 0.873. The molecule has 2 aromatic rings. The molecule has 0 fully saturated rings. The van der Waals surface area contributed by atoms with Gasteiger partial charge in [-0.2, -0.15) is 0 Å². The molecule has 0 unspecified atom stereocenters. The second kappa shape index (κ2) is 4.68. The Morgan fingerprint density at radius 3 is 2.87 bits per heavy atom. The average Bonchev–Trinajstić information content (AvgIpc) is 2.69. The van der Waals surface area contributed by atoms with E-state index in [9.17, 15) is 0 Å². The van der Waals surface area contributed by atoms with E-state index in [2.05, 4.69) is 22.0 Å². The topological polar surface area (TPSA) is 35.2 Å². The van der Waals surface area contributed by atoms with Crippen LogP contribution in [-0.2, 0) is 6.61 Å². The Kier molecular flexibility index (Phi) is 3.28. The summed E-state index contributed by atoms with van der Waals surface area (Å²) in [5.41, 5.74) is 6.36. The summed E-state index contributed by atoms with van der Waals surface area (Å²) in [4.78, 5) is 1.21. The molecule has 0 saturated carbocycles. The van der Waals surface area contributed by atoms with Gasteiger partial charge >= 0.3 is 0 Å². The van der Waals surface area contributed by atoms with Gasteiger partial charge in [0.05, 0.1) is 4.47 Å². The summed E-state index contributed by atoms with van der Waals surface area (Å²) in [5.74, 6) is 0.817. The Labute approximate surface area is 101 Å². The molecule has 0 saturated heterocycles. The fourth-order valence-electron chi connectivity index (χ4n) is 1.18. The molecule has 0 aliphatic carbocycles. The monoisotopic (exact) mass is 283 g/mol. The maximum atomic E-state index is 5.64. The van der Waals surface area contributed by atoms with E-state index >= 15 is 0 Å². The van der Waals surface area contributed by atoms with Crippen LogP contribution >= 0.6 is 27.3 Å². The molecular formula is C11H10BrNOS. The van der Waals surface area contributed by atoms with Crippen molar-refractivity contribution >= 4 is 33.0 Å². The molecular weight excluding hydrogens is 274 g/mol. The van der Waals surface area contributed by atoms with E-state index in [1.165, 1.54) is 4.88 Å². The maximum absolute atomic E-state index is 5.64. The molecule has 0 bridgehead atoms. The van der Waals surface area contributed by atoms with E-state index in [4.69, 9.17) is 10.5 Å². The van der Waals surface area contributed by atoms with E-state index < -0.39 is 0 Å². The second-order valence-electron chi connectivity index (χ2n) is 3.06. The number of hydrogen-bond acceptors (Lipinski definition) is 3. The maximum Gasteiger partial charge on any atom is 0.134 e. The van der Waals surface area contributed by atoms with Gasteiger partial charge in [-0.25, -0.2) is 0 Å². The first-order valence-electron chi connectivity index (χ1n) is 4.46. The molecule has 78 valence electrons. The van der Waals surface area contributed by atoms with Crippen LogP contribution in [-0.4, -0.2) is 0 Å². The zero-order valence-electron chi connectivity index (χ0n) is 7.94. The molecule has 0 spiro atoms. The summed E-state index contributed by atoms with van der Waals surface area (Å²) in [6, 6.07) is 9.60. The van der Waals surface area contributed by atoms with Crippen LogP contribution < -0.4 is 10.5 Å². The molecule has 0 aliphatic heterocycles. The minimum absolute atomic E-state index is 0.597. The van der Waals surface area contributed by atoms with Crippen molar-refractivity contribution in [2.24, 2.45) is 0 Å². The Bertz CT molecular complexity index is 442. The highest BCUT2D eigenvalue weighted by molar-refractivity contribution is 9.10. The van der Waals surface area contributed by atoms with Gasteiger partial charge in [0.1, 0.15) is 12.4 Å². The Hall–Kier alpha value is -1.00. The summed E-state index contributed by atoms with van der Waals surface area (Å²) in [5, 5.41) is 2.04. The minimum atomic E-state index is 0.597. The molecule has 15 heavy (non-hydrogen) atoms. The number of thiophene rings is 1. The van der Waals surface area contributed by atoms with Crippen molar-refractivity contribution in [3.05, 3.63) is 45.1 Å². The van der Waals surface area contributed by atoms with Crippen molar-refractivity contribution in [1.82, 2.24) is 0 Å². The van der Waals surface area contributed by atoms with Crippen LogP contribution in [0, 0.1) is 0 Å². The van der Waals surface area contributed by atoms with Crippen molar-refractivity contribution in [3.63, 3.8) is 0 Å². The van der Waals surface area contributed by atoms with Gasteiger partial charge in [-0.05, 0) is 45.6 Å². The lowest BCUT2D eigenvalue weighted by Gasteiger charge is -2.07. The molecule has 2 N–H and O–H groups in total. The molecule has 0 radical (unpaired) electrons. The van der Waals surface area contributed by atoms with Crippen LogP contribution in [0.25, 0.3) is 0 Å². The van der Waals surface area contributed by atoms with Gasteiger partial charge in [-0.1, -0.05) is 6.07 Å². The molecule has 1 aromatic heterocycles. The lowest BCUT2D eigenvalue weighted by Crippen LogP contribution is -1.94. The summed E-state index contributed by atoms with van der Waals surface area (Å²) in [7, 11) is 0. The van der Waals surface area contributed by atoms with Gasteiger partial charge in [-0.3, -0.25) is 0 Å². The smallest absolute Gasteiger partial charge is 0.134 e. The third kappa shape index (κ3) is 2.73. The Morgan fingerprint density at radius 1 is 1.33 bits per heavy atom. The lowest BCUT2D eigenvalue weighted by molar-refractivity contribution is 0.308. The molecule has 1 aromatic carbocycles. The summed E-state index contributed by atoms with van der Waals surface area (Å²) >= 11 is 5.10. The fraction of sp³-hybridized carbons (Fsp3) is 0.0909. The minimum Gasteiger partial charge on any atom is -0.487 e. The van der Waals surface area contributed by atoms with Crippen LogP contribution in [0.1, 0.15) is 4.88 Å². The number of nitrogen functional groups attached to an aromatic ring is 1. The third-order valence-corrected chi connectivity index (χ3v) is 3.38. The van der Waals surface area contributed by atoms with E-state index in [0.717, 1.165) is 15.9 Å². The van der Waals surface area contributed by atoms with Crippen LogP contribution in [0.3, 0.4) is 0 Å². The second-order valence-corrected chi connectivity index (χ2v) is 4.94. The summed E-state index contributed by atoms with van der Waals surface area (Å²) in [6.45, 7) is 0.597. The predicted molar refractivity (Wildman–Crippen MR) is 67.2 cm³/mol. The molecule has 4 heteroatoms. The molecule has 0 aliphatic rings. The van der Waals surface area contributed by atoms with Gasteiger partial charge in [-0.15, -0.1) is 11.3 Å². The van der Waals surface area contributed by atoms with Crippen molar-refractivity contribution in [3.8, 4) is 5.75 Å². The zero-order chi connectivity index (χ0) is 10.7. The number of benzene rings is 1. The van der Waals surface area contributed by atoms with Crippen molar-refractivity contribution < 1.29 is 4.74 Å².